The third-order valence-electron chi connectivity index (χ3n) is 4.06. The second-order valence-corrected chi connectivity index (χ2v) is 5.51. The second kappa shape index (κ2) is 7.81. The van der Waals surface area contributed by atoms with Gasteiger partial charge in [-0.3, -0.25) is 0 Å². The van der Waals surface area contributed by atoms with Crippen molar-refractivity contribution in [1.29, 1.82) is 5.26 Å². The summed E-state index contributed by atoms with van der Waals surface area (Å²) < 4.78 is 5.94. The fourth-order valence-corrected chi connectivity index (χ4v) is 2.78. The lowest BCUT2D eigenvalue weighted by Crippen LogP contribution is -2.21. The first-order valence-corrected chi connectivity index (χ1v) is 7.36. The van der Waals surface area contributed by atoms with Gasteiger partial charge in [-0.1, -0.05) is 12.1 Å². The van der Waals surface area contributed by atoms with Crippen LogP contribution in [0, 0.1) is 17.2 Å². The quantitative estimate of drug-likeness (QED) is 0.743. The average molecular weight is 271 g/mol. The molecule has 0 aromatic heterocycles. The smallest absolute Gasteiger partial charge is 0.120 e. The Kier molecular flexibility index (Phi) is 5.76. The molecule has 0 amide bonds. The molecule has 0 saturated heterocycles. The third-order valence-corrected chi connectivity index (χ3v) is 4.06. The molecule has 0 unspecified atom stereocenters. The minimum atomic E-state index is 0.345. The molecule has 0 atom stereocenters. The summed E-state index contributed by atoms with van der Waals surface area (Å²) >= 11 is 0. The molecule has 0 radical (unpaired) electrons. The van der Waals surface area contributed by atoms with Gasteiger partial charge in [0.25, 0.3) is 0 Å². The Bertz CT molecular complexity index is 453. The van der Waals surface area contributed by atoms with Gasteiger partial charge in [-0.2, -0.15) is 5.26 Å². The average Bonchev–Trinajstić information content (AvgIpc) is 2.52. The molecule has 1 aromatic carbocycles. The molecule has 0 spiro atoms. The molecule has 106 valence electrons. The molecule has 3 heteroatoms. The van der Waals surface area contributed by atoms with Gasteiger partial charge >= 0.3 is 0 Å². The number of nitriles is 1. The van der Waals surface area contributed by atoms with Crippen LogP contribution in [-0.2, 0) is 16.1 Å². The van der Waals surface area contributed by atoms with E-state index in [1.807, 2.05) is 24.3 Å². The fourth-order valence-electron chi connectivity index (χ4n) is 2.78. The molecule has 3 nitrogen and oxygen atoms in total. The van der Waals surface area contributed by atoms with Gasteiger partial charge in [0.2, 0.25) is 0 Å². The van der Waals surface area contributed by atoms with Crippen molar-refractivity contribution >= 4 is 6.29 Å². The lowest BCUT2D eigenvalue weighted by atomic mass is 9.84. The fraction of sp³-hybridized carbons (Fsp3) is 0.529. The summed E-state index contributed by atoms with van der Waals surface area (Å²) in [7, 11) is 0. The van der Waals surface area contributed by atoms with Crippen LogP contribution in [0.1, 0.15) is 49.7 Å². The number of carbonyl (C=O) groups excluding carboxylic acids is 1. The van der Waals surface area contributed by atoms with Gasteiger partial charge < -0.3 is 9.53 Å². The van der Waals surface area contributed by atoms with Crippen LogP contribution in [0.3, 0.4) is 0 Å². The summed E-state index contributed by atoms with van der Waals surface area (Å²) in [5.74, 6) is 0.704. The highest BCUT2D eigenvalue weighted by molar-refractivity contribution is 5.49. The van der Waals surface area contributed by atoms with E-state index >= 15 is 0 Å². The Morgan fingerprint density at radius 2 is 1.90 bits per heavy atom. The third kappa shape index (κ3) is 4.47. The molecule has 1 aliphatic rings. The lowest BCUT2D eigenvalue weighted by Gasteiger charge is -2.28. The van der Waals surface area contributed by atoms with Crippen LogP contribution in [-0.4, -0.2) is 12.4 Å². The summed E-state index contributed by atoms with van der Waals surface area (Å²) in [5.41, 5.74) is 1.80. The molecule has 0 bridgehead atoms. The van der Waals surface area contributed by atoms with Crippen molar-refractivity contribution in [2.45, 2.75) is 51.2 Å². The van der Waals surface area contributed by atoms with Crippen LogP contribution >= 0.6 is 0 Å². The van der Waals surface area contributed by atoms with Crippen molar-refractivity contribution in [1.82, 2.24) is 0 Å². The first-order valence-electron chi connectivity index (χ1n) is 7.36. The van der Waals surface area contributed by atoms with Gasteiger partial charge in [-0.15, -0.1) is 0 Å². The number of hydrogen-bond donors (Lipinski definition) is 0. The van der Waals surface area contributed by atoms with Gasteiger partial charge in [0.05, 0.1) is 24.3 Å². The molecule has 1 aliphatic carbocycles. The van der Waals surface area contributed by atoms with E-state index in [4.69, 9.17) is 10.00 Å². The van der Waals surface area contributed by atoms with Crippen LogP contribution < -0.4 is 0 Å². The van der Waals surface area contributed by atoms with Gasteiger partial charge in [-0.05, 0) is 55.7 Å². The first kappa shape index (κ1) is 14.7. The van der Waals surface area contributed by atoms with Gasteiger partial charge in [0, 0.05) is 6.42 Å². The van der Waals surface area contributed by atoms with Gasteiger partial charge in [0.15, 0.2) is 0 Å². The van der Waals surface area contributed by atoms with Crippen molar-refractivity contribution in [3.05, 3.63) is 35.4 Å². The SMILES string of the molecule is N#Cc1ccc(COC2CCC(CCC=O)CC2)cc1. The maximum absolute atomic E-state index is 10.4. The Morgan fingerprint density at radius 3 is 2.50 bits per heavy atom. The van der Waals surface area contributed by atoms with Gasteiger partial charge in [-0.25, -0.2) is 0 Å². The van der Waals surface area contributed by atoms with E-state index in [9.17, 15) is 4.79 Å². The molecule has 1 saturated carbocycles. The van der Waals surface area contributed by atoms with Crippen LogP contribution in [0.25, 0.3) is 0 Å². The lowest BCUT2D eigenvalue weighted by molar-refractivity contribution is -0.108. The Labute approximate surface area is 120 Å². The maximum atomic E-state index is 10.4. The maximum Gasteiger partial charge on any atom is 0.120 e. The molecule has 1 aromatic rings. The van der Waals surface area contributed by atoms with Crippen LogP contribution in [0.4, 0.5) is 0 Å². The van der Waals surface area contributed by atoms with Crippen molar-refractivity contribution in [2.24, 2.45) is 5.92 Å². The van der Waals surface area contributed by atoms with Crippen molar-refractivity contribution in [2.75, 3.05) is 0 Å². The highest BCUT2D eigenvalue weighted by Crippen LogP contribution is 2.29. The number of benzene rings is 1. The standard InChI is InChI=1S/C17H21NO2/c18-12-15-3-5-16(6-4-15)13-20-17-9-7-14(8-10-17)2-1-11-19/h3-6,11,14,17H,1-2,7-10,13H2. The van der Waals surface area contributed by atoms with Crippen LogP contribution in [0.5, 0.6) is 0 Å². The zero-order valence-corrected chi connectivity index (χ0v) is 11.8. The van der Waals surface area contributed by atoms with E-state index in [0.29, 0.717) is 30.6 Å². The first-order chi connectivity index (χ1) is 9.81. The van der Waals surface area contributed by atoms with E-state index < -0.39 is 0 Å². The predicted molar refractivity (Wildman–Crippen MR) is 77.0 cm³/mol. The van der Waals surface area contributed by atoms with Gasteiger partial charge in [0.1, 0.15) is 6.29 Å². The van der Waals surface area contributed by atoms with E-state index in [1.165, 1.54) is 12.8 Å². The highest BCUT2D eigenvalue weighted by atomic mass is 16.5. The minimum Gasteiger partial charge on any atom is -0.374 e. The molecule has 2 rings (SSSR count). The molecule has 0 N–H and O–H groups in total. The summed E-state index contributed by atoms with van der Waals surface area (Å²) in [5, 5.41) is 8.75. The minimum absolute atomic E-state index is 0.345. The molecule has 1 fully saturated rings. The number of carbonyl (C=O) groups is 1. The van der Waals surface area contributed by atoms with Crippen LogP contribution in [0.2, 0.25) is 0 Å². The zero-order chi connectivity index (χ0) is 14.2. The zero-order valence-electron chi connectivity index (χ0n) is 11.8. The second-order valence-electron chi connectivity index (χ2n) is 5.51. The molecule has 0 heterocycles. The van der Waals surface area contributed by atoms with Crippen molar-refractivity contribution < 1.29 is 9.53 Å². The van der Waals surface area contributed by atoms with Crippen molar-refractivity contribution in [3.63, 3.8) is 0 Å². The molecular weight excluding hydrogens is 250 g/mol. The number of ether oxygens (including phenoxy) is 1. The highest BCUT2D eigenvalue weighted by Gasteiger charge is 2.21. The monoisotopic (exact) mass is 271 g/mol. The Hall–Kier alpha value is -1.66. The van der Waals surface area contributed by atoms with E-state index in [0.717, 1.165) is 31.1 Å². The molecule has 0 aliphatic heterocycles. The number of hydrogen-bond acceptors (Lipinski definition) is 3. The summed E-state index contributed by atoms with van der Waals surface area (Å²) in [6, 6.07) is 9.68. The number of rotatable bonds is 6. The summed E-state index contributed by atoms with van der Waals surface area (Å²) in [6.45, 7) is 0.620. The van der Waals surface area contributed by atoms with Crippen molar-refractivity contribution in [3.8, 4) is 6.07 Å². The normalized spacial score (nSPS) is 22.1. The topological polar surface area (TPSA) is 50.1 Å². The van der Waals surface area contributed by atoms with Crippen LogP contribution in [0.15, 0.2) is 24.3 Å². The van der Waals surface area contributed by atoms with E-state index in [-0.39, 0.29) is 0 Å². The Morgan fingerprint density at radius 1 is 1.20 bits per heavy atom. The summed E-state index contributed by atoms with van der Waals surface area (Å²) in [4.78, 5) is 10.4. The van der Waals surface area contributed by atoms with E-state index in [1.54, 1.807) is 0 Å². The number of nitrogens with zero attached hydrogens (tertiary/aromatic N) is 1. The number of aldehydes is 1. The summed E-state index contributed by atoms with van der Waals surface area (Å²) in [6.07, 6.45) is 7.64. The predicted octanol–water partition coefficient (Wildman–Crippen LogP) is 3.61. The molecular formula is C17H21NO2. The largest absolute Gasteiger partial charge is 0.374 e. The molecule has 20 heavy (non-hydrogen) atoms. The van der Waals surface area contributed by atoms with E-state index in [2.05, 4.69) is 6.07 Å². The Balaban J connectivity index is 1.70.